The molecule has 0 aromatic heterocycles. The van der Waals surface area contributed by atoms with E-state index in [1.165, 1.54) is 4.90 Å². The maximum absolute atomic E-state index is 12.2. The van der Waals surface area contributed by atoms with E-state index in [4.69, 9.17) is 4.74 Å². The molecule has 20 heavy (non-hydrogen) atoms. The highest BCUT2D eigenvalue weighted by molar-refractivity contribution is 6.04. The van der Waals surface area contributed by atoms with Crippen LogP contribution in [0, 0.1) is 5.92 Å². The third kappa shape index (κ3) is 3.10. The topological polar surface area (TPSA) is 58.6 Å². The Morgan fingerprint density at radius 1 is 1.25 bits per heavy atom. The van der Waals surface area contributed by atoms with Gasteiger partial charge in [-0.2, -0.15) is 0 Å². The maximum atomic E-state index is 12.2. The molecule has 0 saturated carbocycles. The third-order valence-electron chi connectivity index (χ3n) is 3.31. The van der Waals surface area contributed by atoms with Crippen LogP contribution in [0.1, 0.15) is 25.8 Å². The molecule has 0 radical (unpaired) electrons. The molecule has 1 fully saturated rings. The van der Waals surface area contributed by atoms with Gasteiger partial charge in [0.15, 0.2) is 0 Å². The summed E-state index contributed by atoms with van der Waals surface area (Å²) in [6.45, 7) is 4.36. The normalized spacial score (nSPS) is 18.6. The molecule has 3 amide bonds. The van der Waals surface area contributed by atoms with Gasteiger partial charge in [-0.15, -0.1) is 0 Å². The Labute approximate surface area is 118 Å². The summed E-state index contributed by atoms with van der Waals surface area (Å²) in [5.41, 5.74) is 0.902. The summed E-state index contributed by atoms with van der Waals surface area (Å²) in [6, 6.07) is 6.65. The highest BCUT2D eigenvalue weighted by Crippen LogP contribution is 2.18. The van der Waals surface area contributed by atoms with E-state index in [1.54, 1.807) is 7.11 Å². The fourth-order valence-corrected chi connectivity index (χ4v) is 2.27. The molecule has 0 unspecified atom stereocenters. The zero-order valence-corrected chi connectivity index (χ0v) is 12.1. The summed E-state index contributed by atoms with van der Waals surface area (Å²) in [7, 11) is 1.60. The standard InChI is InChI=1S/C15H20N2O3/c1-10(2)8-13-14(18)17(15(19)16-13)9-11-4-6-12(20-3)7-5-11/h4-7,10,13H,8-9H2,1-3H3,(H,16,19)/t13-/m0/s1. The quantitative estimate of drug-likeness (QED) is 0.838. The molecule has 1 aromatic rings. The number of hydrogen-bond donors (Lipinski definition) is 1. The number of nitrogens with one attached hydrogen (secondary N) is 1. The second-order valence-electron chi connectivity index (χ2n) is 5.40. The zero-order valence-electron chi connectivity index (χ0n) is 12.1. The van der Waals surface area contributed by atoms with Crippen molar-refractivity contribution in [2.75, 3.05) is 7.11 Å². The van der Waals surface area contributed by atoms with Crippen LogP contribution in [-0.4, -0.2) is 30.0 Å². The lowest BCUT2D eigenvalue weighted by molar-refractivity contribution is -0.128. The summed E-state index contributed by atoms with van der Waals surface area (Å²) in [4.78, 5) is 25.3. The Morgan fingerprint density at radius 2 is 1.90 bits per heavy atom. The van der Waals surface area contributed by atoms with Gasteiger partial charge in [0, 0.05) is 0 Å². The lowest BCUT2D eigenvalue weighted by Crippen LogP contribution is -2.31. The fraction of sp³-hybridized carbons (Fsp3) is 0.467. The van der Waals surface area contributed by atoms with Gasteiger partial charge in [-0.05, 0) is 30.0 Å². The van der Waals surface area contributed by atoms with Crippen LogP contribution in [0.3, 0.4) is 0 Å². The molecule has 1 saturated heterocycles. The first kappa shape index (κ1) is 14.4. The van der Waals surface area contributed by atoms with Gasteiger partial charge in [-0.3, -0.25) is 9.69 Å². The third-order valence-corrected chi connectivity index (χ3v) is 3.31. The molecular formula is C15H20N2O3. The van der Waals surface area contributed by atoms with Gasteiger partial charge in [-0.25, -0.2) is 4.79 Å². The molecule has 2 rings (SSSR count). The second kappa shape index (κ2) is 5.94. The molecule has 0 bridgehead atoms. The van der Waals surface area contributed by atoms with E-state index in [9.17, 15) is 9.59 Å². The lowest BCUT2D eigenvalue weighted by atomic mass is 10.0. The summed E-state index contributed by atoms with van der Waals surface area (Å²) in [6.07, 6.45) is 0.670. The van der Waals surface area contributed by atoms with E-state index in [-0.39, 0.29) is 18.0 Å². The van der Waals surface area contributed by atoms with Gasteiger partial charge >= 0.3 is 6.03 Å². The largest absolute Gasteiger partial charge is 0.497 e. The van der Waals surface area contributed by atoms with E-state index in [1.807, 2.05) is 38.1 Å². The molecule has 1 atom stereocenters. The summed E-state index contributed by atoms with van der Waals surface area (Å²) < 4.78 is 5.08. The molecule has 5 heteroatoms. The number of urea groups is 1. The van der Waals surface area contributed by atoms with Crippen molar-refractivity contribution in [3.05, 3.63) is 29.8 Å². The minimum atomic E-state index is -0.388. The Morgan fingerprint density at radius 3 is 2.45 bits per heavy atom. The van der Waals surface area contributed by atoms with Crippen LogP contribution in [-0.2, 0) is 11.3 Å². The first-order valence-corrected chi connectivity index (χ1v) is 6.76. The van der Waals surface area contributed by atoms with Crippen LogP contribution in [0.4, 0.5) is 4.79 Å². The summed E-state index contributed by atoms with van der Waals surface area (Å²) in [5.74, 6) is 0.980. The van der Waals surface area contributed by atoms with Gasteiger partial charge < -0.3 is 10.1 Å². The highest BCUT2D eigenvalue weighted by Gasteiger charge is 2.37. The van der Waals surface area contributed by atoms with E-state index in [0.717, 1.165) is 11.3 Å². The van der Waals surface area contributed by atoms with Gasteiger partial charge in [-0.1, -0.05) is 26.0 Å². The molecule has 0 aliphatic carbocycles. The van der Waals surface area contributed by atoms with Gasteiger partial charge in [0.2, 0.25) is 0 Å². The molecule has 1 aromatic carbocycles. The molecule has 1 aliphatic rings. The van der Waals surface area contributed by atoms with Crippen molar-refractivity contribution >= 4 is 11.9 Å². The Balaban J connectivity index is 2.04. The van der Waals surface area contributed by atoms with E-state index >= 15 is 0 Å². The minimum absolute atomic E-state index is 0.139. The van der Waals surface area contributed by atoms with Gasteiger partial charge in [0.1, 0.15) is 11.8 Å². The number of ether oxygens (including phenoxy) is 1. The molecule has 1 N–H and O–H groups in total. The van der Waals surface area contributed by atoms with Crippen molar-refractivity contribution < 1.29 is 14.3 Å². The molecular weight excluding hydrogens is 256 g/mol. The van der Waals surface area contributed by atoms with Crippen molar-refractivity contribution in [1.29, 1.82) is 0 Å². The predicted octanol–water partition coefficient (Wildman–Crippen LogP) is 2.16. The van der Waals surface area contributed by atoms with Crippen molar-refractivity contribution in [3.8, 4) is 5.75 Å². The second-order valence-corrected chi connectivity index (χ2v) is 5.40. The number of methoxy groups -OCH3 is 1. The van der Waals surface area contributed by atoms with Crippen molar-refractivity contribution in [2.24, 2.45) is 5.92 Å². The molecule has 1 aliphatic heterocycles. The SMILES string of the molecule is COc1ccc(CN2C(=O)N[C@@H](CC(C)C)C2=O)cc1. The number of amides is 3. The number of benzene rings is 1. The lowest BCUT2D eigenvalue weighted by Gasteiger charge is -2.14. The monoisotopic (exact) mass is 276 g/mol. The number of carbonyl (C=O) groups is 2. The van der Waals surface area contributed by atoms with E-state index < -0.39 is 0 Å². The molecule has 0 spiro atoms. The van der Waals surface area contributed by atoms with Crippen LogP contribution in [0.15, 0.2) is 24.3 Å². The van der Waals surface area contributed by atoms with Crippen molar-refractivity contribution in [1.82, 2.24) is 10.2 Å². The molecule has 108 valence electrons. The average molecular weight is 276 g/mol. The van der Waals surface area contributed by atoms with E-state index in [0.29, 0.717) is 18.9 Å². The molecule has 5 nitrogen and oxygen atoms in total. The van der Waals surface area contributed by atoms with Gasteiger partial charge in [0.25, 0.3) is 5.91 Å². The van der Waals surface area contributed by atoms with E-state index in [2.05, 4.69) is 5.32 Å². The summed E-state index contributed by atoms with van der Waals surface area (Å²) in [5, 5.41) is 2.74. The average Bonchev–Trinajstić information content (AvgIpc) is 2.66. The Hall–Kier alpha value is -2.04. The smallest absolute Gasteiger partial charge is 0.325 e. The minimum Gasteiger partial charge on any atom is -0.497 e. The number of imide groups is 1. The maximum Gasteiger partial charge on any atom is 0.325 e. The highest BCUT2D eigenvalue weighted by atomic mass is 16.5. The van der Waals surface area contributed by atoms with Crippen LogP contribution in [0.5, 0.6) is 5.75 Å². The van der Waals surface area contributed by atoms with Crippen LogP contribution >= 0.6 is 0 Å². The predicted molar refractivity (Wildman–Crippen MR) is 75.3 cm³/mol. The molecule has 1 heterocycles. The Kier molecular flexibility index (Phi) is 4.27. The van der Waals surface area contributed by atoms with Crippen LogP contribution in [0.25, 0.3) is 0 Å². The van der Waals surface area contributed by atoms with Gasteiger partial charge in [0.05, 0.1) is 13.7 Å². The van der Waals surface area contributed by atoms with Crippen LogP contribution in [0.2, 0.25) is 0 Å². The number of nitrogens with zero attached hydrogens (tertiary/aromatic N) is 1. The van der Waals surface area contributed by atoms with Crippen molar-refractivity contribution in [2.45, 2.75) is 32.9 Å². The number of rotatable bonds is 5. The van der Waals surface area contributed by atoms with Crippen molar-refractivity contribution in [3.63, 3.8) is 0 Å². The first-order chi connectivity index (χ1) is 9.51. The van der Waals surface area contributed by atoms with Crippen LogP contribution < -0.4 is 10.1 Å². The fourth-order valence-electron chi connectivity index (χ4n) is 2.27. The number of carbonyl (C=O) groups excluding carboxylic acids is 2. The first-order valence-electron chi connectivity index (χ1n) is 6.76. The zero-order chi connectivity index (χ0) is 14.7. The Bertz CT molecular complexity index is 496. The summed E-state index contributed by atoms with van der Waals surface area (Å²) >= 11 is 0. The number of hydrogen-bond acceptors (Lipinski definition) is 3.